The van der Waals surface area contributed by atoms with Gasteiger partial charge in [-0.15, -0.1) is 10.2 Å². The SMILES string of the molecule is Cc1nc2ccccc2nc1CSc1nnc(-c2ccco2)n1C1CCCCC1. The van der Waals surface area contributed by atoms with E-state index in [-0.39, 0.29) is 0 Å². The van der Waals surface area contributed by atoms with Crippen molar-refractivity contribution in [2.45, 2.75) is 56.0 Å². The zero-order valence-corrected chi connectivity index (χ0v) is 17.2. The number of aryl methyl sites for hydroxylation is 1. The molecule has 5 rings (SSSR count). The molecule has 3 aromatic heterocycles. The van der Waals surface area contributed by atoms with Gasteiger partial charge in [0.15, 0.2) is 10.9 Å². The lowest BCUT2D eigenvalue weighted by Gasteiger charge is -2.25. The molecule has 0 bridgehead atoms. The molecule has 0 amide bonds. The molecule has 1 aromatic carbocycles. The number of aromatic nitrogens is 5. The Bertz CT molecular complexity index is 1120. The molecule has 4 aromatic rings. The molecule has 1 aliphatic rings. The molecule has 0 radical (unpaired) electrons. The molecule has 0 spiro atoms. The van der Waals surface area contributed by atoms with E-state index in [0.29, 0.717) is 11.8 Å². The van der Waals surface area contributed by atoms with Gasteiger partial charge in [0.1, 0.15) is 0 Å². The Morgan fingerprint density at radius 1 is 1.00 bits per heavy atom. The molecule has 0 aliphatic heterocycles. The van der Waals surface area contributed by atoms with E-state index < -0.39 is 0 Å². The summed E-state index contributed by atoms with van der Waals surface area (Å²) in [5, 5.41) is 9.93. The zero-order valence-electron chi connectivity index (χ0n) is 16.4. The van der Waals surface area contributed by atoms with E-state index in [9.17, 15) is 0 Å². The van der Waals surface area contributed by atoms with Crippen LogP contribution < -0.4 is 0 Å². The first-order chi connectivity index (χ1) is 14.3. The average molecular weight is 406 g/mol. The molecule has 0 N–H and O–H groups in total. The van der Waals surface area contributed by atoms with Gasteiger partial charge < -0.3 is 4.42 Å². The molecule has 148 valence electrons. The average Bonchev–Trinajstić information content (AvgIpc) is 3.42. The second kappa shape index (κ2) is 7.99. The van der Waals surface area contributed by atoms with Crippen molar-refractivity contribution in [2.24, 2.45) is 0 Å². The van der Waals surface area contributed by atoms with Gasteiger partial charge in [-0.2, -0.15) is 0 Å². The third-order valence-electron chi connectivity index (χ3n) is 5.53. The van der Waals surface area contributed by atoms with Crippen LogP contribution in [-0.4, -0.2) is 24.7 Å². The molecular weight excluding hydrogens is 382 g/mol. The number of hydrogen-bond donors (Lipinski definition) is 0. The molecule has 7 heteroatoms. The molecule has 29 heavy (non-hydrogen) atoms. The Morgan fingerprint density at radius 2 is 1.79 bits per heavy atom. The molecule has 1 fully saturated rings. The number of furan rings is 1. The zero-order chi connectivity index (χ0) is 19.6. The lowest BCUT2D eigenvalue weighted by atomic mass is 9.95. The molecule has 6 nitrogen and oxygen atoms in total. The Morgan fingerprint density at radius 3 is 2.55 bits per heavy atom. The fourth-order valence-electron chi connectivity index (χ4n) is 4.01. The number of hydrogen-bond acceptors (Lipinski definition) is 6. The lowest BCUT2D eigenvalue weighted by molar-refractivity contribution is 0.337. The minimum atomic E-state index is 0.421. The van der Waals surface area contributed by atoms with E-state index >= 15 is 0 Å². The van der Waals surface area contributed by atoms with Crippen molar-refractivity contribution in [2.75, 3.05) is 0 Å². The van der Waals surface area contributed by atoms with Crippen LogP contribution in [0.15, 0.2) is 52.2 Å². The summed E-state index contributed by atoms with van der Waals surface area (Å²) in [4.78, 5) is 9.54. The Hall–Kier alpha value is -2.67. The third-order valence-corrected chi connectivity index (χ3v) is 6.48. The van der Waals surface area contributed by atoms with E-state index in [0.717, 1.165) is 52.0 Å². The molecule has 1 aliphatic carbocycles. The minimum Gasteiger partial charge on any atom is -0.461 e. The number of benzene rings is 1. The fourth-order valence-corrected chi connectivity index (χ4v) is 5.02. The second-order valence-corrected chi connectivity index (χ2v) is 8.42. The lowest BCUT2D eigenvalue weighted by Crippen LogP contribution is -2.15. The van der Waals surface area contributed by atoms with Crippen LogP contribution >= 0.6 is 11.8 Å². The van der Waals surface area contributed by atoms with Gasteiger partial charge in [0, 0.05) is 11.8 Å². The van der Waals surface area contributed by atoms with Crippen LogP contribution in [0.3, 0.4) is 0 Å². The van der Waals surface area contributed by atoms with Crippen molar-refractivity contribution in [1.82, 2.24) is 24.7 Å². The van der Waals surface area contributed by atoms with E-state index in [1.807, 2.05) is 43.3 Å². The van der Waals surface area contributed by atoms with Gasteiger partial charge >= 0.3 is 0 Å². The standard InChI is InChI=1S/C22H23N5OS/c1-15-19(24-18-11-6-5-10-17(18)23-15)14-29-22-26-25-21(20-12-7-13-28-20)27(22)16-8-3-2-4-9-16/h5-7,10-13,16H,2-4,8-9,14H2,1H3. The first-order valence-corrected chi connectivity index (χ1v) is 11.1. The maximum atomic E-state index is 5.64. The smallest absolute Gasteiger partial charge is 0.200 e. The Labute approximate surface area is 173 Å². The molecule has 3 heterocycles. The summed E-state index contributed by atoms with van der Waals surface area (Å²) in [5.74, 6) is 2.31. The predicted octanol–water partition coefficient (Wildman–Crippen LogP) is 5.59. The van der Waals surface area contributed by atoms with Gasteiger partial charge in [-0.1, -0.05) is 43.2 Å². The second-order valence-electron chi connectivity index (χ2n) is 7.48. The molecule has 0 atom stereocenters. The van der Waals surface area contributed by atoms with Crippen LogP contribution in [-0.2, 0) is 5.75 Å². The molecule has 0 saturated heterocycles. The van der Waals surface area contributed by atoms with Crippen molar-refractivity contribution < 1.29 is 4.42 Å². The highest BCUT2D eigenvalue weighted by molar-refractivity contribution is 7.98. The monoisotopic (exact) mass is 405 g/mol. The highest BCUT2D eigenvalue weighted by Gasteiger charge is 2.25. The predicted molar refractivity (Wildman–Crippen MR) is 114 cm³/mol. The summed E-state index contributed by atoms with van der Waals surface area (Å²) in [5.41, 5.74) is 3.82. The quantitative estimate of drug-likeness (QED) is 0.403. The molecule has 1 saturated carbocycles. The summed E-state index contributed by atoms with van der Waals surface area (Å²) in [6, 6.07) is 12.3. The van der Waals surface area contributed by atoms with E-state index in [2.05, 4.69) is 14.8 Å². The first-order valence-electron chi connectivity index (χ1n) is 10.1. The minimum absolute atomic E-state index is 0.421. The van der Waals surface area contributed by atoms with Crippen LogP contribution in [0.25, 0.3) is 22.6 Å². The summed E-state index contributed by atoms with van der Waals surface area (Å²) < 4.78 is 7.92. The van der Waals surface area contributed by atoms with Crippen LogP contribution in [0.4, 0.5) is 0 Å². The Kier molecular flexibility index (Phi) is 5.06. The molecular formula is C22H23N5OS. The van der Waals surface area contributed by atoms with Crippen LogP contribution in [0.5, 0.6) is 0 Å². The normalized spacial score (nSPS) is 15.2. The van der Waals surface area contributed by atoms with Crippen LogP contribution in [0, 0.1) is 6.92 Å². The fraction of sp³-hybridized carbons (Fsp3) is 0.364. The van der Waals surface area contributed by atoms with Gasteiger partial charge in [-0.05, 0) is 44.0 Å². The Balaban J connectivity index is 1.46. The number of fused-ring (bicyclic) bond motifs is 1. The third kappa shape index (κ3) is 3.67. The van der Waals surface area contributed by atoms with Crippen molar-refractivity contribution in [3.05, 3.63) is 54.0 Å². The van der Waals surface area contributed by atoms with Crippen molar-refractivity contribution in [1.29, 1.82) is 0 Å². The maximum Gasteiger partial charge on any atom is 0.200 e. The number of nitrogens with zero attached hydrogens (tertiary/aromatic N) is 5. The summed E-state index contributed by atoms with van der Waals surface area (Å²) in [6.45, 7) is 2.02. The largest absolute Gasteiger partial charge is 0.461 e. The summed E-state index contributed by atoms with van der Waals surface area (Å²) in [6.07, 6.45) is 7.82. The van der Waals surface area contributed by atoms with Gasteiger partial charge in [0.05, 0.1) is 28.7 Å². The van der Waals surface area contributed by atoms with Crippen LogP contribution in [0.2, 0.25) is 0 Å². The summed E-state index contributed by atoms with van der Waals surface area (Å²) in [7, 11) is 0. The van der Waals surface area contributed by atoms with E-state index in [1.54, 1.807) is 18.0 Å². The number of rotatable bonds is 5. The highest BCUT2D eigenvalue weighted by Crippen LogP contribution is 2.36. The maximum absolute atomic E-state index is 5.64. The van der Waals surface area contributed by atoms with Gasteiger partial charge in [-0.3, -0.25) is 4.57 Å². The van der Waals surface area contributed by atoms with Crippen LogP contribution in [0.1, 0.15) is 49.5 Å². The van der Waals surface area contributed by atoms with Crippen molar-refractivity contribution >= 4 is 22.8 Å². The number of para-hydroxylation sites is 2. The first kappa shape index (κ1) is 18.4. The van der Waals surface area contributed by atoms with Crippen molar-refractivity contribution in [3.63, 3.8) is 0 Å². The van der Waals surface area contributed by atoms with E-state index in [1.165, 1.54) is 19.3 Å². The highest BCUT2D eigenvalue weighted by atomic mass is 32.2. The van der Waals surface area contributed by atoms with E-state index in [4.69, 9.17) is 14.4 Å². The van der Waals surface area contributed by atoms with Gasteiger partial charge in [0.2, 0.25) is 5.82 Å². The van der Waals surface area contributed by atoms with Gasteiger partial charge in [-0.25, -0.2) is 9.97 Å². The van der Waals surface area contributed by atoms with Gasteiger partial charge in [0.25, 0.3) is 0 Å². The van der Waals surface area contributed by atoms with Crippen molar-refractivity contribution in [3.8, 4) is 11.6 Å². The summed E-state index contributed by atoms with van der Waals surface area (Å²) >= 11 is 1.68. The topological polar surface area (TPSA) is 69.6 Å². The number of thioether (sulfide) groups is 1. The molecule has 0 unspecified atom stereocenters.